The predicted octanol–water partition coefficient (Wildman–Crippen LogP) is 3.77. The molecule has 0 unspecified atom stereocenters. The molecule has 27 heavy (non-hydrogen) atoms. The number of carbonyl (C=O) groups is 1. The van der Waals surface area contributed by atoms with E-state index in [1.807, 2.05) is 35.0 Å². The van der Waals surface area contributed by atoms with Crippen LogP contribution in [-0.2, 0) is 11.2 Å². The third-order valence-corrected chi connectivity index (χ3v) is 5.71. The van der Waals surface area contributed by atoms with Gasteiger partial charge >= 0.3 is 5.97 Å². The Bertz CT molecular complexity index is 1140. The van der Waals surface area contributed by atoms with Crippen LogP contribution in [0.1, 0.15) is 11.4 Å². The molecule has 0 saturated heterocycles. The SMILES string of the molecule is O=C(O)COc1ccc(Cc2nc3scc(-c4cccs4)c3c(=O)[nH]2)cc1. The summed E-state index contributed by atoms with van der Waals surface area (Å²) in [5.74, 6) is 0.0511. The molecule has 0 amide bonds. The number of nitrogens with one attached hydrogen (secondary N) is 1. The predicted molar refractivity (Wildman–Crippen MR) is 106 cm³/mol. The minimum absolute atomic E-state index is 0.138. The van der Waals surface area contributed by atoms with Crippen molar-refractivity contribution in [3.8, 4) is 16.2 Å². The molecule has 0 aliphatic rings. The highest BCUT2D eigenvalue weighted by Gasteiger charge is 2.13. The summed E-state index contributed by atoms with van der Waals surface area (Å²) in [7, 11) is 0. The van der Waals surface area contributed by atoms with E-state index in [1.54, 1.807) is 23.5 Å². The van der Waals surface area contributed by atoms with Crippen LogP contribution in [-0.4, -0.2) is 27.7 Å². The number of hydrogen-bond donors (Lipinski definition) is 2. The Morgan fingerprint density at radius 2 is 2.00 bits per heavy atom. The summed E-state index contributed by atoms with van der Waals surface area (Å²) in [6.45, 7) is -0.379. The molecular formula is C19H14N2O4S2. The van der Waals surface area contributed by atoms with Crippen molar-refractivity contribution in [1.82, 2.24) is 9.97 Å². The molecule has 8 heteroatoms. The maximum Gasteiger partial charge on any atom is 0.341 e. The average Bonchev–Trinajstić information content (AvgIpc) is 3.30. The molecule has 136 valence electrons. The lowest BCUT2D eigenvalue weighted by atomic mass is 10.1. The molecule has 4 aromatic rings. The molecule has 0 bridgehead atoms. The van der Waals surface area contributed by atoms with Gasteiger partial charge in [-0.1, -0.05) is 18.2 Å². The Hall–Kier alpha value is -2.97. The molecule has 0 fully saturated rings. The molecular weight excluding hydrogens is 384 g/mol. The number of aliphatic carboxylic acids is 1. The number of ether oxygens (including phenoxy) is 1. The largest absolute Gasteiger partial charge is 0.482 e. The molecule has 2 N–H and O–H groups in total. The van der Waals surface area contributed by atoms with Crippen LogP contribution in [0.3, 0.4) is 0 Å². The van der Waals surface area contributed by atoms with E-state index < -0.39 is 5.97 Å². The van der Waals surface area contributed by atoms with E-state index in [2.05, 4.69) is 9.97 Å². The molecule has 6 nitrogen and oxygen atoms in total. The Morgan fingerprint density at radius 3 is 2.70 bits per heavy atom. The highest BCUT2D eigenvalue weighted by molar-refractivity contribution is 7.18. The van der Waals surface area contributed by atoms with Crippen molar-refractivity contribution in [2.24, 2.45) is 0 Å². The first-order valence-electron chi connectivity index (χ1n) is 8.08. The van der Waals surface area contributed by atoms with Crippen LogP contribution >= 0.6 is 22.7 Å². The number of thiophene rings is 2. The molecule has 3 heterocycles. The summed E-state index contributed by atoms with van der Waals surface area (Å²) in [6.07, 6.45) is 0.469. The lowest BCUT2D eigenvalue weighted by Gasteiger charge is -2.05. The smallest absolute Gasteiger partial charge is 0.341 e. The van der Waals surface area contributed by atoms with Gasteiger partial charge in [-0.25, -0.2) is 9.78 Å². The van der Waals surface area contributed by atoms with Crippen molar-refractivity contribution in [3.63, 3.8) is 0 Å². The van der Waals surface area contributed by atoms with Gasteiger partial charge in [0.25, 0.3) is 5.56 Å². The zero-order chi connectivity index (χ0) is 18.8. The van der Waals surface area contributed by atoms with Gasteiger partial charge < -0.3 is 14.8 Å². The van der Waals surface area contributed by atoms with Crippen LogP contribution in [0.4, 0.5) is 0 Å². The van der Waals surface area contributed by atoms with Gasteiger partial charge in [0.15, 0.2) is 6.61 Å². The third kappa shape index (κ3) is 3.76. The van der Waals surface area contributed by atoms with E-state index >= 15 is 0 Å². The van der Waals surface area contributed by atoms with Crippen LogP contribution in [0.2, 0.25) is 0 Å². The second kappa shape index (κ2) is 7.34. The van der Waals surface area contributed by atoms with Crippen molar-refractivity contribution < 1.29 is 14.6 Å². The Balaban J connectivity index is 1.58. The van der Waals surface area contributed by atoms with Crippen LogP contribution in [0.5, 0.6) is 5.75 Å². The number of hydrogen-bond acceptors (Lipinski definition) is 6. The first-order chi connectivity index (χ1) is 13.1. The lowest BCUT2D eigenvalue weighted by Crippen LogP contribution is -2.11. The Morgan fingerprint density at radius 1 is 1.19 bits per heavy atom. The van der Waals surface area contributed by atoms with Crippen LogP contribution < -0.4 is 10.3 Å². The van der Waals surface area contributed by atoms with E-state index in [0.717, 1.165) is 20.8 Å². The van der Waals surface area contributed by atoms with Crippen molar-refractivity contribution >= 4 is 38.9 Å². The van der Waals surface area contributed by atoms with E-state index in [-0.39, 0.29) is 12.2 Å². The van der Waals surface area contributed by atoms with E-state index in [9.17, 15) is 9.59 Å². The minimum atomic E-state index is -1.02. The normalized spacial score (nSPS) is 11.0. The number of nitrogens with zero attached hydrogens (tertiary/aromatic N) is 1. The number of rotatable bonds is 6. The molecule has 1 aromatic carbocycles. The average molecular weight is 398 g/mol. The fraction of sp³-hybridized carbons (Fsp3) is 0.105. The minimum Gasteiger partial charge on any atom is -0.482 e. The fourth-order valence-corrected chi connectivity index (χ4v) is 4.51. The van der Waals surface area contributed by atoms with Gasteiger partial charge in [0.2, 0.25) is 0 Å². The molecule has 0 aliphatic heterocycles. The summed E-state index contributed by atoms with van der Waals surface area (Å²) in [6, 6.07) is 11.0. The maximum absolute atomic E-state index is 12.6. The van der Waals surface area contributed by atoms with Gasteiger partial charge in [0.1, 0.15) is 16.4 Å². The molecule has 0 radical (unpaired) electrons. The fourth-order valence-electron chi connectivity index (χ4n) is 2.73. The van der Waals surface area contributed by atoms with Crippen LogP contribution in [0, 0.1) is 0 Å². The van der Waals surface area contributed by atoms with Gasteiger partial charge in [0.05, 0.1) is 5.39 Å². The number of H-pyrrole nitrogens is 1. The van der Waals surface area contributed by atoms with Gasteiger partial charge in [-0.15, -0.1) is 22.7 Å². The number of carboxylic acids is 1. The van der Waals surface area contributed by atoms with Crippen LogP contribution in [0.15, 0.2) is 52.0 Å². The number of aromatic amines is 1. The van der Waals surface area contributed by atoms with Gasteiger partial charge in [-0.2, -0.15) is 0 Å². The highest BCUT2D eigenvalue weighted by atomic mass is 32.1. The summed E-state index contributed by atoms with van der Waals surface area (Å²) in [5, 5.41) is 13.2. The third-order valence-electron chi connectivity index (χ3n) is 3.94. The molecule has 0 atom stereocenters. The number of benzene rings is 1. The van der Waals surface area contributed by atoms with Crippen molar-refractivity contribution in [2.45, 2.75) is 6.42 Å². The quantitative estimate of drug-likeness (QED) is 0.516. The van der Waals surface area contributed by atoms with Crippen molar-refractivity contribution in [3.05, 3.63) is 68.9 Å². The summed E-state index contributed by atoms with van der Waals surface area (Å²) < 4.78 is 5.12. The standard InChI is InChI=1S/C19H14N2O4S2/c22-16(23)9-25-12-5-3-11(4-6-12)8-15-20-18(24)17-13(10-27-19(17)21-15)14-2-1-7-26-14/h1-7,10H,8-9H2,(H,22,23)(H,20,21,24). The van der Waals surface area contributed by atoms with E-state index in [0.29, 0.717) is 23.4 Å². The number of carboxylic acid groups (broad SMARTS) is 1. The first-order valence-corrected chi connectivity index (χ1v) is 9.84. The second-order valence-corrected chi connectivity index (χ2v) is 7.63. The van der Waals surface area contributed by atoms with Gasteiger partial charge in [0, 0.05) is 22.2 Å². The van der Waals surface area contributed by atoms with Crippen LogP contribution in [0.25, 0.3) is 20.7 Å². The van der Waals surface area contributed by atoms with Crippen molar-refractivity contribution in [1.29, 1.82) is 0 Å². The lowest BCUT2D eigenvalue weighted by molar-refractivity contribution is -0.139. The Kier molecular flexibility index (Phi) is 4.74. The molecule has 0 saturated carbocycles. The maximum atomic E-state index is 12.6. The van der Waals surface area contributed by atoms with E-state index in [1.165, 1.54) is 11.3 Å². The first kappa shape index (κ1) is 17.4. The zero-order valence-corrected chi connectivity index (χ0v) is 15.6. The summed E-state index contributed by atoms with van der Waals surface area (Å²) in [4.78, 5) is 32.4. The number of fused-ring (bicyclic) bond motifs is 1. The second-order valence-electron chi connectivity index (χ2n) is 5.82. The summed E-state index contributed by atoms with van der Waals surface area (Å²) >= 11 is 3.06. The molecule has 0 spiro atoms. The topological polar surface area (TPSA) is 92.3 Å². The highest BCUT2D eigenvalue weighted by Crippen LogP contribution is 2.33. The van der Waals surface area contributed by atoms with E-state index in [4.69, 9.17) is 9.84 Å². The molecule has 0 aliphatic carbocycles. The molecule has 4 rings (SSSR count). The molecule has 3 aromatic heterocycles. The monoisotopic (exact) mass is 398 g/mol. The Labute approximate surface area is 161 Å². The summed E-state index contributed by atoms with van der Waals surface area (Å²) in [5.41, 5.74) is 1.72. The van der Waals surface area contributed by atoms with Gasteiger partial charge in [-0.3, -0.25) is 4.79 Å². The van der Waals surface area contributed by atoms with Crippen molar-refractivity contribution in [2.75, 3.05) is 6.61 Å². The zero-order valence-electron chi connectivity index (χ0n) is 14.0. The van der Waals surface area contributed by atoms with Gasteiger partial charge in [-0.05, 0) is 29.1 Å². The number of aromatic nitrogens is 2.